The molecule has 0 aliphatic heterocycles. The number of carbonyl (C=O) groups is 1. The zero-order valence-corrected chi connectivity index (χ0v) is 17.3. The second-order valence-corrected chi connectivity index (χ2v) is 7.94. The number of hydrogen-bond donors (Lipinski definition) is 1. The first kappa shape index (κ1) is 20.8. The highest BCUT2D eigenvalue weighted by molar-refractivity contribution is 5.80. The largest absolute Gasteiger partial charge is 0.491 e. The average molecular weight is 370 g/mol. The second-order valence-electron chi connectivity index (χ2n) is 7.94. The summed E-state index contributed by atoms with van der Waals surface area (Å²) in [6.45, 7) is 13.1. The third kappa shape index (κ3) is 6.31. The van der Waals surface area contributed by atoms with E-state index >= 15 is 0 Å². The number of benzene rings is 2. The lowest BCUT2D eigenvalue weighted by molar-refractivity contribution is -0.127. The molecule has 2 aromatic rings. The van der Waals surface area contributed by atoms with Gasteiger partial charge < -0.3 is 14.8 Å². The Bertz CT molecular complexity index is 760. The van der Waals surface area contributed by atoms with Gasteiger partial charge in [0.25, 0.3) is 5.91 Å². The van der Waals surface area contributed by atoms with E-state index in [-0.39, 0.29) is 11.3 Å². The van der Waals surface area contributed by atoms with E-state index in [0.29, 0.717) is 18.9 Å². The van der Waals surface area contributed by atoms with Gasteiger partial charge in [-0.1, -0.05) is 45.0 Å². The van der Waals surface area contributed by atoms with Crippen LogP contribution in [0.25, 0.3) is 0 Å². The molecule has 146 valence electrons. The topological polar surface area (TPSA) is 47.6 Å². The zero-order chi connectivity index (χ0) is 20.0. The molecule has 0 saturated carbocycles. The SMILES string of the molecule is Cc1ccc(C)c(OCCNC(=O)[C@@H](C)Oc2ccc(C(C)(C)C)cc2)c1. The van der Waals surface area contributed by atoms with E-state index in [1.54, 1.807) is 6.92 Å². The minimum atomic E-state index is -0.564. The van der Waals surface area contributed by atoms with Gasteiger partial charge in [-0.3, -0.25) is 4.79 Å². The number of aryl methyl sites for hydroxylation is 2. The Balaban J connectivity index is 1.77. The Morgan fingerprint density at radius 1 is 1.07 bits per heavy atom. The van der Waals surface area contributed by atoms with Crippen molar-refractivity contribution in [2.24, 2.45) is 0 Å². The smallest absolute Gasteiger partial charge is 0.260 e. The fourth-order valence-electron chi connectivity index (χ4n) is 2.63. The minimum absolute atomic E-state index is 0.0944. The molecular formula is C23H31NO3. The van der Waals surface area contributed by atoms with E-state index in [0.717, 1.165) is 16.9 Å². The summed E-state index contributed by atoms with van der Waals surface area (Å²) in [5.41, 5.74) is 3.56. The molecule has 0 saturated heterocycles. The van der Waals surface area contributed by atoms with Crippen molar-refractivity contribution in [2.75, 3.05) is 13.2 Å². The number of carbonyl (C=O) groups excluding carboxylic acids is 1. The molecule has 0 radical (unpaired) electrons. The maximum Gasteiger partial charge on any atom is 0.260 e. The number of ether oxygens (including phenoxy) is 2. The summed E-state index contributed by atoms with van der Waals surface area (Å²) in [4.78, 5) is 12.2. The molecule has 0 bridgehead atoms. The first-order chi connectivity index (χ1) is 12.7. The van der Waals surface area contributed by atoms with Gasteiger partial charge in [0.1, 0.15) is 18.1 Å². The lowest BCUT2D eigenvalue weighted by Crippen LogP contribution is -2.38. The standard InChI is InChI=1S/C23H31NO3/c1-16-7-8-17(2)21(15-16)26-14-13-24-22(25)18(3)27-20-11-9-19(10-12-20)23(4,5)6/h7-12,15,18H,13-14H2,1-6H3,(H,24,25)/t18-/m1/s1. The first-order valence-corrected chi connectivity index (χ1v) is 9.42. The van der Waals surface area contributed by atoms with Crippen molar-refractivity contribution >= 4 is 5.91 Å². The summed E-state index contributed by atoms with van der Waals surface area (Å²) in [6, 6.07) is 14.0. The summed E-state index contributed by atoms with van der Waals surface area (Å²) in [5.74, 6) is 1.39. The van der Waals surface area contributed by atoms with Gasteiger partial charge in [-0.15, -0.1) is 0 Å². The fraction of sp³-hybridized carbons (Fsp3) is 0.435. The van der Waals surface area contributed by atoms with Crippen LogP contribution in [0.5, 0.6) is 11.5 Å². The van der Waals surface area contributed by atoms with Crippen LogP contribution in [0, 0.1) is 13.8 Å². The maximum absolute atomic E-state index is 12.2. The highest BCUT2D eigenvalue weighted by Crippen LogP contribution is 2.24. The molecule has 1 amide bonds. The van der Waals surface area contributed by atoms with Crippen LogP contribution in [-0.4, -0.2) is 25.2 Å². The fourth-order valence-corrected chi connectivity index (χ4v) is 2.63. The van der Waals surface area contributed by atoms with E-state index < -0.39 is 6.10 Å². The van der Waals surface area contributed by atoms with Gasteiger partial charge in [0.15, 0.2) is 6.10 Å². The molecule has 4 nitrogen and oxygen atoms in total. The van der Waals surface area contributed by atoms with Gasteiger partial charge in [0.05, 0.1) is 6.54 Å². The predicted octanol–water partition coefficient (Wildman–Crippen LogP) is 4.56. The molecule has 0 aliphatic rings. The zero-order valence-electron chi connectivity index (χ0n) is 17.3. The molecule has 0 heterocycles. The summed E-state index contributed by atoms with van der Waals surface area (Å²) in [6.07, 6.45) is -0.564. The molecule has 0 aliphatic carbocycles. The second kappa shape index (κ2) is 8.94. The van der Waals surface area contributed by atoms with Crippen molar-refractivity contribution < 1.29 is 14.3 Å². The van der Waals surface area contributed by atoms with Crippen LogP contribution < -0.4 is 14.8 Å². The van der Waals surface area contributed by atoms with Crippen molar-refractivity contribution in [3.63, 3.8) is 0 Å². The van der Waals surface area contributed by atoms with E-state index in [1.165, 1.54) is 5.56 Å². The Morgan fingerprint density at radius 3 is 2.37 bits per heavy atom. The van der Waals surface area contributed by atoms with Crippen LogP contribution in [-0.2, 0) is 10.2 Å². The van der Waals surface area contributed by atoms with E-state index in [2.05, 4.69) is 32.2 Å². The van der Waals surface area contributed by atoms with Gasteiger partial charge in [0.2, 0.25) is 0 Å². The highest BCUT2D eigenvalue weighted by atomic mass is 16.5. The Labute approximate surface area is 162 Å². The number of nitrogens with one attached hydrogen (secondary N) is 1. The van der Waals surface area contributed by atoms with Gasteiger partial charge in [0, 0.05) is 0 Å². The molecule has 0 unspecified atom stereocenters. The number of rotatable bonds is 7. The molecule has 0 spiro atoms. The molecule has 0 aromatic heterocycles. The van der Waals surface area contributed by atoms with Crippen molar-refractivity contribution in [3.8, 4) is 11.5 Å². The Hall–Kier alpha value is -2.49. The summed E-state index contributed by atoms with van der Waals surface area (Å²) < 4.78 is 11.5. The van der Waals surface area contributed by atoms with Crippen LogP contribution in [0.1, 0.15) is 44.4 Å². The molecule has 2 aromatic carbocycles. The maximum atomic E-state index is 12.2. The molecular weight excluding hydrogens is 338 g/mol. The monoisotopic (exact) mass is 369 g/mol. The van der Waals surface area contributed by atoms with Crippen molar-refractivity contribution in [1.82, 2.24) is 5.32 Å². The van der Waals surface area contributed by atoms with E-state index in [4.69, 9.17) is 9.47 Å². The normalized spacial score (nSPS) is 12.4. The van der Waals surface area contributed by atoms with Gasteiger partial charge in [-0.25, -0.2) is 0 Å². The van der Waals surface area contributed by atoms with Crippen LogP contribution in [0.3, 0.4) is 0 Å². The molecule has 1 N–H and O–H groups in total. The predicted molar refractivity (Wildman–Crippen MR) is 110 cm³/mol. The lowest BCUT2D eigenvalue weighted by atomic mass is 9.87. The number of hydrogen-bond acceptors (Lipinski definition) is 3. The average Bonchev–Trinajstić information content (AvgIpc) is 2.61. The molecule has 27 heavy (non-hydrogen) atoms. The molecule has 1 atom stereocenters. The molecule has 0 fully saturated rings. The summed E-state index contributed by atoms with van der Waals surface area (Å²) in [7, 11) is 0. The molecule has 4 heteroatoms. The van der Waals surface area contributed by atoms with Gasteiger partial charge >= 0.3 is 0 Å². The van der Waals surface area contributed by atoms with Crippen LogP contribution >= 0.6 is 0 Å². The third-order valence-corrected chi connectivity index (χ3v) is 4.40. The van der Waals surface area contributed by atoms with Crippen molar-refractivity contribution in [2.45, 2.75) is 53.1 Å². The van der Waals surface area contributed by atoms with Crippen molar-refractivity contribution in [3.05, 3.63) is 59.2 Å². The Kier molecular flexibility index (Phi) is 6.89. The van der Waals surface area contributed by atoms with Crippen LogP contribution in [0.15, 0.2) is 42.5 Å². The number of amides is 1. The first-order valence-electron chi connectivity index (χ1n) is 9.42. The highest BCUT2D eigenvalue weighted by Gasteiger charge is 2.16. The van der Waals surface area contributed by atoms with Crippen LogP contribution in [0.4, 0.5) is 0 Å². The quantitative estimate of drug-likeness (QED) is 0.728. The minimum Gasteiger partial charge on any atom is -0.491 e. The Morgan fingerprint density at radius 2 is 1.74 bits per heavy atom. The van der Waals surface area contributed by atoms with Gasteiger partial charge in [-0.05, 0) is 61.1 Å². The summed E-state index contributed by atoms with van der Waals surface area (Å²) in [5, 5.41) is 2.85. The summed E-state index contributed by atoms with van der Waals surface area (Å²) >= 11 is 0. The molecule has 2 rings (SSSR count). The van der Waals surface area contributed by atoms with E-state index in [9.17, 15) is 4.79 Å². The third-order valence-electron chi connectivity index (χ3n) is 4.40. The van der Waals surface area contributed by atoms with Crippen LogP contribution in [0.2, 0.25) is 0 Å². The van der Waals surface area contributed by atoms with Gasteiger partial charge in [-0.2, -0.15) is 0 Å². The lowest BCUT2D eigenvalue weighted by Gasteiger charge is -2.20. The van der Waals surface area contributed by atoms with Crippen molar-refractivity contribution in [1.29, 1.82) is 0 Å². The van der Waals surface area contributed by atoms with E-state index in [1.807, 2.05) is 50.2 Å².